The molecule has 0 unspecified atom stereocenters. The highest BCUT2D eigenvalue weighted by Crippen LogP contribution is 2.17. The first-order chi connectivity index (χ1) is 5.15. The summed E-state index contributed by atoms with van der Waals surface area (Å²) >= 11 is 0. The molecule has 1 rings (SSSR count). The fraction of sp³-hybridized carbons (Fsp3) is 0.750. The van der Waals surface area contributed by atoms with E-state index in [1.54, 1.807) is 4.90 Å². The number of amides is 1. The minimum Gasteiger partial charge on any atom is -0.341 e. The number of carbonyl (C=O) groups is 2. The van der Waals surface area contributed by atoms with Crippen LogP contribution >= 0.6 is 0 Å². The van der Waals surface area contributed by atoms with E-state index in [1.165, 1.54) is 6.92 Å². The summed E-state index contributed by atoms with van der Waals surface area (Å²) in [6.45, 7) is 4.68. The molecule has 0 aromatic carbocycles. The van der Waals surface area contributed by atoms with Crippen molar-refractivity contribution in [2.75, 3.05) is 13.1 Å². The molecule has 11 heavy (non-hydrogen) atoms. The molecule has 0 aliphatic carbocycles. The zero-order valence-corrected chi connectivity index (χ0v) is 6.96. The number of hydrogen-bond acceptors (Lipinski definition) is 2. The highest BCUT2D eigenvalue weighted by atomic mass is 16.2. The molecule has 62 valence electrons. The summed E-state index contributed by atoms with van der Waals surface area (Å²) in [5.74, 6) is 0.483. The predicted molar refractivity (Wildman–Crippen MR) is 41.0 cm³/mol. The number of nitrogens with zero attached hydrogens (tertiary/aromatic N) is 1. The molecule has 1 fully saturated rings. The first kappa shape index (κ1) is 8.24. The number of rotatable bonds is 2. The molecular weight excluding hydrogens is 142 g/mol. The molecular formula is C8H13NO2. The molecule has 1 aliphatic rings. The first-order valence-electron chi connectivity index (χ1n) is 3.93. The Balaban J connectivity index is 2.29. The van der Waals surface area contributed by atoms with E-state index < -0.39 is 0 Å². The van der Waals surface area contributed by atoms with Gasteiger partial charge in [0.05, 0.1) is 5.92 Å². The minimum atomic E-state index is 0.0742. The maximum Gasteiger partial charge on any atom is 0.219 e. The fourth-order valence-electron chi connectivity index (χ4n) is 1.23. The van der Waals surface area contributed by atoms with Crippen molar-refractivity contribution >= 4 is 11.7 Å². The van der Waals surface area contributed by atoms with Gasteiger partial charge in [-0.05, 0) is 0 Å². The normalized spacial score (nSPS) is 17.8. The van der Waals surface area contributed by atoms with Crippen LogP contribution in [0.15, 0.2) is 0 Å². The van der Waals surface area contributed by atoms with Gasteiger partial charge in [0.2, 0.25) is 5.91 Å². The maximum absolute atomic E-state index is 11.0. The average Bonchev–Trinajstić information content (AvgIpc) is 1.83. The van der Waals surface area contributed by atoms with Crippen molar-refractivity contribution in [3.8, 4) is 0 Å². The van der Waals surface area contributed by atoms with Crippen LogP contribution in [0.25, 0.3) is 0 Å². The highest BCUT2D eigenvalue weighted by Gasteiger charge is 2.32. The Kier molecular flexibility index (Phi) is 2.27. The van der Waals surface area contributed by atoms with Crippen molar-refractivity contribution in [3.05, 3.63) is 0 Å². The lowest BCUT2D eigenvalue weighted by atomic mass is 9.94. The van der Waals surface area contributed by atoms with E-state index in [1.807, 2.05) is 6.92 Å². The Labute approximate surface area is 66.4 Å². The van der Waals surface area contributed by atoms with Crippen LogP contribution in [0.5, 0.6) is 0 Å². The lowest BCUT2D eigenvalue weighted by molar-refractivity contribution is -0.140. The van der Waals surface area contributed by atoms with Gasteiger partial charge in [-0.3, -0.25) is 9.59 Å². The van der Waals surface area contributed by atoms with Gasteiger partial charge in [0.1, 0.15) is 5.78 Å². The first-order valence-corrected chi connectivity index (χ1v) is 3.93. The van der Waals surface area contributed by atoms with Gasteiger partial charge >= 0.3 is 0 Å². The van der Waals surface area contributed by atoms with Crippen LogP contribution in [-0.2, 0) is 9.59 Å². The zero-order chi connectivity index (χ0) is 8.43. The molecule has 3 heteroatoms. The smallest absolute Gasteiger partial charge is 0.219 e. The molecule has 0 radical (unpaired) electrons. The summed E-state index contributed by atoms with van der Waals surface area (Å²) in [5, 5.41) is 0. The molecule has 1 saturated heterocycles. The van der Waals surface area contributed by atoms with Crippen LogP contribution in [0.3, 0.4) is 0 Å². The van der Waals surface area contributed by atoms with Crippen molar-refractivity contribution in [2.24, 2.45) is 5.92 Å². The van der Waals surface area contributed by atoms with E-state index in [0.717, 1.165) is 0 Å². The molecule has 0 bridgehead atoms. The Bertz CT molecular complexity index is 183. The van der Waals surface area contributed by atoms with Gasteiger partial charge in [0, 0.05) is 26.4 Å². The number of Topliss-reactive ketones (excluding diaryl/α,β-unsaturated/α-hetero) is 1. The quantitative estimate of drug-likeness (QED) is 0.580. The van der Waals surface area contributed by atoms with Crippen LogP contribution < -0.4 is 0 Å². The van der Waals surface area contributed by atoms with E-state index in [2.05, 4.69) is 0 Å². The fourth-order valence-corrected chi connectivity index (χ4v) is 1.23. The summed E-state index contributed by atoms with van der Waals surface area (Å²) in [6, 6.07) is 0. The van der Waals surface area contributed by atoms with Crippen molar-refractivity contribution < 1.29 is 9.59 Å². The summed E-state index contributed by atoms with van der Waals surface area (Å²) < 4.78 is 0. The molecule has 3 nitrogen and oxygen atoms in total. The molecule has 0 aromatic heterocycles. The minimum absolute atomic E-state index is 0.0742. The van der Waals surface area contributed by atoms with Crippen LogP contribution in [0.4, 0.5) is 0 Å². The summed E-state index contributed by atoms with van der Waals surface area (Å²) in [4.78, 5) is 23.4. The van der Waals surface area contributed by atoms with E-state index in [4.69, 9.17) is 0 Å². The molecule has 0 N–H and O–H groups in total. The van der Waals surface area contributed by atoms with Gasteiger partial charge in [0.25, 0.3) is 0 Å². The number of ketones is 1. The second-order valence-electron chi connectivity index (χ2n) is 2.94. The van der Waals surface area contributed by atoms with Crippen LogP contribution in [-0.4, -0.2) is 29.7 Å². The molecule has 0 saturated carbocycles. The third-order valence-electron chi connectivity index (χ3n) is 2.13. The third-order valence-corrected chi connectivity index (χ3v) is 2.13. The van der Waals surface area contributed by atoms with Crippen LogP contribution in [0.1, 0.15) is 20.3 Å². The van der Waals surface area contributed by atoms with Gasteiger partial charge in [-0.2, -0.15) is 0 Å². The zero-order valence-electron chi connectivity index (χ0n) is 6.96. The van der Waals surface area contributed by atoms with Crippen molar-refractivity contribution in [1.82, 2.24) is 4.90 Å². The van der Waals surface area contributed by atoms with Crippen molar-refractivity contribution in [2.45, 2.75) is 20.3 Å². The SMILES string of the molecule is CCC(=O)C1CN(C(C)=O)C1. The predicted octanol–water partition coefficient (Wildman–Crippen LogP) is 0.444. The van der Waals surface area contributed by atoms with Crippen molar-refractivity contribution in [3.63, 3.8) is 0 Å². The highest BCUT2D eigenvalue weighted by molar-refractivity contribution is 5.84. The second kappa shape index (κ2) is 3.03. The maximum atomic E-state index is 11.0. The average molecular weight is 155 g/mol. The van der Waals surface area contributed by atoms with Crippen molar-refractivity contribution in [1.29, 1.82) is 0 Å². The van der Waals surface area contributed by atoms with E-state index in [-0.39, 0.29) is 17.6 Å². The largest absolute Gasteiger partial charge is 0.341 e. The van der Waals surface area contributed by atoms with Gasteiger partial charge < -0.3 is 4.90 Å². The number of hydrogen-bond donors (Lipinski definition) is 0. The number of carbonyl (C=O) groups excluding carboxylic acids is 2. The molecule has 1 amide bonds. The second-order valence-corrected chi connectivity index (χ2v) is 2.94. The molecule has 1 aliphatic heterocycles. The van der Waals surface area contributed by atoms with Crippen LogP contribution in [0.2, 0.25) is 0 Å². The monoisotopic (exact) mass is 155 g/mol. The summed E-state index contributed by atoms with van der Waals surface area (Å²) in [5.41, 5.74) is 0. The molecule has 0 aromatic rings. The summed E-state index contributed by atoms with van der Waals surface area (Å²) in [7, 11) is 0. The Hall–Kier alpha value is -0.860. The standard InChI is InChI=1S/C8H13NO2/c1-3-8(11)7-4-9(5-7)6(2)10/h7H,3-5H2,1-2H3. The molecule has 0 atom stereocenters. The van der Waals surface area contributed by atoms with Gasteiger partial charge in [-0.15, -0.1) is 0 Å². The Morgan fingerprint density at radius 2 is 2.00 bits per heavy atom. The Morgan fingerprint density at radius 3 is 2.36 bits per heavy atom. The third kappa shape index (κ3) is 1.59. The lowest BCUT2D eigenvalue weighted by Crippen LogP contribution is -2.52. The van der Waals surface area contributed by atoms with E-state index in [0.29, 0.717) is 19.5 Å². The van der Waals surface area contributed by atoms with Gasteiger partial charge in [-0.1, -0.05) is 6.92 Å². The van der Waals surface area contributed by atoms with E-state index >= 15 is 0 Å². The summed E-state index contributed by atoms with van der Waals surface area (Å²) in [6.07, 6.45) is 0.594. The topological polar surface area (TPSA) is 37.4 Å². The lowest BCUT2D eigenvalue weighted by Gasteiger charge is -2.37. The Morgan fingerprint density at radius 1 is 1.45 bits per heavy atom. The van der Waals surface area contributed by atoms with Gasteiger partial charge in [-0.25, -0.2) is 0 Å². The molecule has 1 heterocycles. The van der Waals surface area contributed by atoms with Gasteiger partial charge in [0.15, 0.2) is 0 Å². The number of likely N-dealkylation sites (tertiary alicyclic amines) is 1. The molecule has 0 spiro atoms. The van der Waals surface area contributed by atoms with Crippen LogP contribution in [0, 0.1) is 5.92 Å². The van der Waals surface area contributed by atoms with E-state index in [9.17, 15) is 9.59 Å².